The first-order valence-electron chi connectivity index (χ1n) is 6.83. The molecule has 2 N–H and O–H groups in total. The number of β-lactam (4-membered cyclic amide) rings is 1. The number of benzene rings is 2. The Labute approximate surface area is 119 Å². The summed E-state index contributed by atoms with van der Waals surface area (Å²) < 4.78 is 0. The minimum atomic E-state index is -0.415. The van der Waals surface area contributed by atoms with Gasteiger partial charge >= 0.3 is 0 Å². The molecule has 20 heavy (non-hydrogen) atoms. The molecular formula is C17H18N2O. The van der Waals surface area contributed by atoms with Crippen LogP contribution in [0.2, 0.25) is 0 Å². The van der Waals surface area contributed by atoms with Gasteiger partial charge in [0.05, 0.1) is 6.04 Å². The molecule has 1 aliphatic rings. The molecule has 102 valence electrons. The van der Waals surface area contributed by atoms with Crippen LogP contribution in [0.15, 0.2) is 54.6 Å². The van der Waals surface area contributed by atoms with Gasteiger partial charge in [-0.3, -0.25) is 4.79 Å². The van der Waals surface area contributed by atoms with Crippen LogP contribution in [0.4, 0.5) is 0 Å². The molecular weight excluding hydrogens is 248 g/mol. The number of hydrogen-bond donors (Lipinski definition) is 1. The molecule has 1 saturated heterocycles. The number of amides is 1. The first kappa shape index (κ1) is 12.9. The van der Waals surface area contributed by atoms with Crippen molar-refractivity contribution >= 4 is 5.91 Å². The van der Waals surface area contributed by atoms with Crippen LogP contribution in [-0.4, -0.2) is 16.8 Å². The van der Waals surface area contributed by atoms with Crippen LogP contribution in [0.1, 0.15) is 22.7 Å². The summed E-state index contributed by atoms with van der Waals surface area (Å²) in [6.45, 7) is 2.67. The van der Waals surface area contributed by atoms with Gasteiger partial charge in [0.15, 0.2) is 0 Å². The fourth-order valence-electron chi connectivity index (χ4n) is 2.68. The molecule has 1 amide bonds. The van der Waals surface area contributed by atoms with Gasteiger partial charge in [-0.2, -0.15) is 0 Å². The molecule has 0 aliphatic carbocycles. The maximum atomic E-state index is 12.0. The van der Waals surface area contributed by atoms with E-state index in [0.29, 0.717) is 6.54 Å². The number of carbonyl (C=O) groups excluding carboxylic acids is 1. The van der Waals surface area contributed by atoms with E-state index >= 15 is 0 Å². The van der Waals surface area contributed by atoms with E-state index in [1.807, 2.05) is 35.2 Å². The monoisotopic (exact) mass is 266 g/mol. The van der Waals surface area contributed by atoms with E-state index in [9.17, 15) is 4.79 Å². The standard InChI is InChI=1S/C17H18N2O/c1-12-7-9-14(10-8-12)16-15(18)17(20)19(16)11-13-5-3-2-4-6-13/h2-10,15-16H,11,18H2,1H3. The minimum absolute atomic E-state index is 0.0108. The highest BCUT2D eigenvalue weighted by molar-refractivity contribution is 5.89. The summed E-state index contributed by atoms with van der Waals surface area (Å²) >= 11 is 0. The van der Waals surface area contributed by atoms with E-state index in [2.05, 4.69) is 31.2 Å². The van der Waals surface area contributed by atoms with E-state index in [0.717, 1.165) is 11.1 Å². The van der Waals surface area contributed by atoms with Gasteiger partial charge in [0, 0.05) is 6.54 Å². The average molecular weight is 266 g/mol. The summed E-state index contributed by atoms with van der Waals surface area (Å²) in [6, 6.07) is 17.8. The second-order valence-electron chi connectivity index (χ2n) is 5.33. The first-order chi connectivity index (χ1) is 9.66. The molecule has 3 rings (SSSR count). The van der Waals surface area contributed by atoms with E-state index < -0.39 is 6.04 Å². The Morgan fingerprint density at radius 3 is 2.35 bits per heavy atom. The van der Waals surface area contributed by atoms with Gasteiger partial charge in [0.25, 0.3) is 0 Å². The van der Waals surface area contributed by atoms with Gasteiger partial charge in [-0.15, -0.1) is 0 Å². The van der Waals surface area contributed by atoms with Crippen molar-refractivity contribution < 1.29 is 4.79 Å². The minimum Gasteiger partial charge on any atom is -0.328 e. The van der Waals surface area contributed by atoms with E-state index in [1.165, 1.54) is 5.56 Å². The second-order valence-corrected chi connectivity index (χ2v) is 5.33. The van der Waals surface area contributed by atoms with E-state index in [4.69, 9.17) is 5.73 Å². The Morgan fingerprint density at radius 2 is 1.70 bits per heavy atom. The average Bonchev–Trinajstić information content (AvgIpc) is 2.49. The van der Waals surface area contributed by atoms with Crippen molar-refractivity contribution in [3.05, 3.63) is 71.3 Å². The smallest absolute Gasteiger partial charge is 0.242 e. The summed E-state index contributed by atoms with van der Waals surface area (Å²) in [7, 11) is 0. The number of carbonyl (C=O) groups is 1. The Morgan fingerprint density at radius 1 is 1.05 bits per heavy atom. The van der Waals surface area contributed by atoms with E-state index in [-0.39, 0.29) is 11.9 Å². The number of hydrogen-bond acceptors (Lipinski definition) is 2. The number of nitrogens with zero attached hydrogens (tertiary/aromatic N) is 1. The molecule has 2 unspecified atom stereocenters. The molecule has 1 fully saturated rings. The maximum Gasteiger partial charge on any atom is 0.242 e. The molecule has 3 heteroatoms. The van der Waals surface area contributed by atoms with Gasteiger partial charge in [0.2, 0.25) is 5.91 Å². The van der Waals surface area contributed by atoms with Crippen LogP contribution in [-0.2, 0) is 11.3 Å². The Hall–Kier alpha value is -2.13. The highest BCUT2D eigenvalue weighted by Crippen LogP contribution is 2.35. The molecule has 2 aromatic rings. The molecule has 1 heterocycles. The van der Waals surface area contributed by atoms with Crippen molar-refractivity contribution in [2.75, 3.05) is 0 Å². The topological polar surface area (TPSA) is 46.3 Å². The van der Waals surface area contributed by atoms with Gasteiger partial charge in [-0.05, 0) is 18.1 Å². The normalized spacial score (nSPS) is 21.7. The number of aryl methyl sites for hydroxylation is 1. The van der Waals surface area contributed by atoms with Gasteiger partial charge in [0.1, 0.15) is 6.04 Å². The van der Waals surface area contributed by atoms with Crippen LogP contribution >= 0.6 is 0 Å². The summed E-state index contributed by atoms with van der Waals surface area (Å²) in [4.78, 5) is 13.9. The lowest BCUT2D eigenvalue weighted by Crippen LogP contribution is -2.62. The molecule has 0 aromatic heterocycles. The van der Waals surface area contributed by atoms with Crippen molar-refractivity contribution in [3.63, 3.8) is 0 Å². The van der Waals surface area contributed by atoms with Crippen LogP contribution in [0.3, 0.4) is 0 Å². The van der Waals surface area contributed by atoms with Crippen molar-refractivity contribution in [1.82, 2.24) is 4.90 Å². The Kier molecular flexibility index (Phi) is 3.28. The third-order valence-electron chi connectivity index (χ3n) is 3.86. The number of rotatable bonds is 3. The van der Waals surface area contributed by atoms with Crippen molar-refractivity contribution in [3.8, 4) is 0 Å². The van der Waals surface area contributed by atoms with Gasteiger partial charge < -0.3 is 10.6 Å². The zero-order valence-corrected chi connectivity index (χ0v) is 11.5. The van der Waals surface area contributed by atoms with Crippen LogP contribution in [0.25, 0.3) is 0 Å². The fourth-order valence-corrected chi connectivity index (χ4v) is 2.68. The number of likely N-dealkylation sites (tertiary alicyclic amines) is 1. The van der Waals surface area contributed by atoms with Crippen LogP contribution in [0.5, 0.6) is 0 Å². The lowest BCUT2D eigenvalue weighted by molar-refractivity contribution is -0.150. The predicted octanol–water partition coefficient (Wildman–Crippen LogP) is 2.41. The third kappa shape index (κ3) is 2.21. The zero-order chi connectivity index (χ0) is 14.1. The molecule has 3 nitrogen and oxygen atoms in total. The molecule has 0 saturated carbocycles. The highest BCUT2D eigenvalue weighted by Gasteiger charge is 2.45. The molecule has 0 spiro atoms. The Bertz CT molecular complexity index is 607. The Balaban J connectivity index is 1.82. The molecule has 2 aromatic carbocycles. The van der Waals surface area contributed by atoms with Gasteiger partial charge in [-0.1, -0.05) is 60.2 Å². The molecule has 1 aliphatic heterocycles. The summed E-state index contributed by atoms with van der Waals surface area (Å²) in [6.07, 6.45) is 0. The lowest BCUT2D eigenvalue weighted by atomic mass is 9.88. The van der Waals surface area contributed by atoms with Crippen molar-refractivity contribution in [2.24, 2.45) is 5.73 Å². The maximum absolute atomic E-state index is 12.0. The fraction of sp³-hybridized carbons (Fsp3) is 0.235. The number of nitrogens with two attached hydrogens (primary N) is 1. The van der Waals surface area contributed by atoms with Gasteiger partial charge in [-0.25, -0.2) is 0 Å². The SMILES string of the molecule is Cc1ccc(C2C(N)C(=O)N2Cc2ccccc2)cc1. The first-order valence-corrected chi connectivity index (χ1v) is 6.83. The largest absolute Gasteiger partial charge is 0.328 e. The highest BCUT2D eigenvalue weighted by atomic mass is 16.2. The van der Waals surface area contributed by atoms with Crippen LogP contribution < -0.4 is 5.73 Å². The molecule has 0 bridgehead atoms. The molecule has 0 radical (unpaired) electrons. The lowest BCUT2D eigenvalue weighted by Gasteiger charge is -2.45. The summed E-state index contributed by atoms with van der Waals surface area (Å²) in [5.41, 5.74) is 9.44. The quantitative estimate of drug-likeness (QED) is 0.867. The third-order valence-corrected chi connectivity index (χ3v) is 3.86. The summed E-state index contributed by atoms with van der Waals surface area (Å²) in [5, 5.41) is 0. The second kappa shape index (κ2) is 5.10. The predicted molar refractivity (Wildman–Crippen MR) is 78.9 cm³/mol. The van der Waals surface area contributed by atoms with Crippen molar-refractivity contribution in [2.45, 2.75) is 25.6 Å². The summed E-state index contributed by atoms with van der Waals surface area (Å²) in [5.74, 6) is 0.0272. The van der Waals surface area contributed by atoms with Crippen molar-refractivity contribution in [1.29, 1.82) is 0 Å². The van der Waals surface area contributed by atoms with E-state index in [1.54, 1.807) is 0 Å². The molecule has 2 atom stereocenters. The van der Waals surface area contributed by atoms with Crippen LogP contribution in [0, 0.1) is 6.92 Å². The zero-order valence-electron chi connectivity index (χ0n) is 11.5.